The smallest absolute Gasteiger partial charge is 0.253 e. The molecule has 2 aromatic heterocycles. The number of benzene rings is 1. The average Bonchev–Trinajstić information content (AvgIpc) is 3.15. The van der Waals surface area contributed by atoms with Gasteiger partial charge in [-0.1, -0.05) is 23.7 Å². The van der Waals surface area contributed by atoms with E-state index in [9.17, 15) is 9.90 Å². The van der Waals surface area contributed by atoms with Crippen molar-refractivity contribution >= 4 is 17.5 Å². The molecule has 2 heterocycles. The molecule has 0 aliphatic carbocycles. The van der Waals surface area contributed by atoms with Crippen LogP contribution in [0.5, 0.6) is 0 Å². The summed E-state index contributed by atoms with van der Waals surface area (Å²) in [5.41, 5.74) is 1.18. The predicted octanol–water partition coefficient (Wildman–Crippen LogP) is 2.38. The molecule has 2 N–H and O–H groups in total. The van der Waals surface area contributed by atoms with Crippen LogP contribution >= 0.6 is 11.6 Å². The molecule has 7 heteroatoms. The lowest BCUT2D eigenvalue weighted by molar-refractivity contribution is 0.0916. The monoisotopic (exact) mass is 342 g/mol. The van der Waals surface area contributed by atoms with Gasteiger partial charge in [-0.3, -0.25) is 9.36 Å². The minimum Gasteiger partial charge on any atom is -0.394 e. The number of aromatic nitrogens is 3. The molecule has 3 aromatic rings. The molecule has 3 rings (SSSR count). The lowest BCUT2D eigenvalue weighted by Gasteiger charge is -2.17. The van der Waals surface area contributed by atoms with Crippen LogP contribution in [0, 0.1) is 0 Å². The lowest BCUT2D eigenvalue weighted by Crippen LogP contribution is -2.30. The first-order chi connectivity index (χ1) is 11.7. The zero-order chi connectivity index (χ0) is 16.9. The Hall–Kier alpha value is -2.70. The summed E-state index contributed by atoms with van der Waals surface area (Å²) in [6.45, 7) is -0.214. The quantitative estimate of drug-likeness (QED) is 0.746. The highest BCUT2D eigenvalue weighted by atomic mass is 35.5. The molecule has 1 unspecified atom stereocenters. The molecule has 0 aliphatic heterocycles. The first-order valence-electron chi connectivity index (χ1n) is 7.29. The molecule has 0 saturated carbocycles. The third-order valence-electron chi connectivity index (χ3n) is 3.54. The van der Waals surface area contributed by atoms with Crippen molar-refractivity contribution in [3.63, 3.8) is 0 Å². The average molecular weight is 343 g/mol. The van der Waals surface area contributed by atoms with Crippen LogP contribution in [0.4, 0.5) is 0 Å². The van der Waals surface area contributed by atoms with Crippen molar-refractivity contribution in [1.29, 1.82) is 0 Å². The van der Waals surface area contributed by atoms with Crippen LogP contribution in [0.25, 0.3) is 5.82 Å². The van der Waals surface area contributed by atoms with Gasteiger partial charge in [-0.2, -0.15) is 0 Å². The van der Waals surface area contributed by atoms with E-state index in [0.717, 1.165) is 5.56 Å². The second-order valence-electron chi connectivity index (χ2n) is 5.14. The zero-order valence-corrected chi connectivity index (χ0v) is 13.4. The highest BCUT2D eigenvalue weighted by Crippen LogP contribution is 2.17. The van der Waals surface area contributed by atoms with E-state index >= 15 is 0 Å². The number of nitrogens with zero attached hydrogens (tertiary/aromatic N) is 3. The Morgan fingerprint density at radius 3 is 2.62 bits per heavy atom. The summed E-state index contributed by atoms with van der Waals surface area (Å²) >= 11 is 5.85. The predicted molar refractivity (Wildman–Crippen MR) is 90.1 cm³/mol. The summed E-state index contributed by atoms with van der Waals surface area (Å²) in [4.78, 5) is 20.5. The number of imidazole rings is 1. The number of aliphatic hydroxyl groups is 1. The molecule has 1 aromatic carbocycles. The topological polar surface area (TPSA) is 80.0 Å². The summed E-state index contributed by atoms with van der Waals surface area (Å²) in [5.74, 6) is 0.356. The van der Waals surface area contributed by atoms with Crippen LogP contribution in [0.2, 0.25) is 5.02 Å². The minimum absolute atomic E-state index is 0.214. The number of halogens is 1. The third kappa shape index (κ3) is 3.61. The number of hydrogen-bond acceptors (Lipinski definition) is 4. The van der Waals surface area contributed by atoms with Gasteiger partial charge in [0, 0.05) is 23.6 Å². The van der Waals surface area contributed by atoms with Gasteiger partial charge in [-0.05, 0) is 29.8 Å². The number of carbonyl (C=O) groups is 1. The molecule has 0 fully saturated rings. The van der Waals surface area contributed by atoms with Crippen molar-refractivity contribution in [2.24, 2.45) is 0 Å². The number of amides is 1. The number of hydrogen-bond donors (Lipinski definition) is 2. The van der Waals surface area contributed by atoms with Crippen LogP contribution in [0.15, 0.2) is 61.3 Å². The van der Waals surface area contributed by atoms with Gasteiger partial charge < -0.3 is 10.4 Å². The van der Waals surface area contributed by atoms with Crippen molar-refractivity contribution in [3.8, 4) is 5.82 Å². The molecule has 0 bridgehead atoms. The number of carbonyl (C=O) groups excluding carboxylic acids is 1. The molecule has 0 saturated heterocycles. The summed E-state index contributed by atoms with van der Waals surface area (Å²) < 4.78 is 1.74. The van der Waals surface area contributed by atoms with Gasteiger partial charge in [0.05, 0.1) is 18.2 Å². The van der Waals surface area contributed by atoms with E-state index in [-0.39, 0.29) is 12.5 Å². The zero-order valence-electron chi connectivity index (χ0n) is 12.6. The maximum atomic E-state index is 12.3. The van der Waals surface area contributed by atoms with Crippen LogP contribution in [-0.2, 0) is 0 Å². The van der Waals surface area contributed by atoms with E-state index in [4.69, 9.17) is 11.6 Å². The molecule has 0 aliphatic rings. The van der Waals surface area contributed by atoms with Gasteiger partial charge in [0.2, 0.25) is 0 Å². The van der Waals surface area contributed by atoms with E-state index < -0.39 is 6.04 Å². The molecule has 6 nitrogen and oxygen atoms in total. The minimum atomic E-state index is -0.511. The van der Waals surface area contributed by atoms with Gasteiger partial charge in [-0.15, -0.1) is 0 Å². The number of nitrogens with one attached hydrogen (secondary N) is 1. The summed E-state index contributed by atoms with van der Waals surface area (Å²) in [5, 5.41) is 12.9. The Morgan fingerprint density at radius 1 is 1.25 bits per heavy atom. The Kier molecular flexibility index (Phi) is 4.88. The van der Waals surface area contributed by atoms with Gasteiger partial charge in [0.15, 0.2) is 0 Å². The second kappa shape index (κ2) is 7.25. The van der Waals surface area contributed by atoms with Gasteiger partial charge in [0.1, 0.15) is 12.1 Å². The molecule has 0 radical (unpaired) electrons. The van der Waals surface area contributed by atoms with Crippen LogP contribution < -0.4 is 5.32 Å². The van der Waals surface area contributed by atoms with Crippen LogP contribution in [0.1, 0.15) is 22.0 Å². The Bertz CT molecular complexity index is 802. The highest BCUT2D eigenvalue weighted by molar-refractivity contribution is 6.30. The number of rotatable bonds is 5. The van der Waals surface area contributed by atoms with E-state index in [0.29, 0.717) is 16.4 Å². The van der Waals surface area contributed by atoms with Gasteiger partial charge in [0.25, 0.3) is 5.91 Å². The SMILES string of the molecule is O=C(NC(CO)c1ccc(Cl)cc1)c1ccc(-n2ccnc2)nc1. The lowest BCUT2D eigenvalue weighted by atomic mass is 10.1. The first kappa shape index (κ1) is 16.2. The fourth-order valence-corrected chi connectivity index (χ4v) is 2.36. The Labute approximate surface area is 143 Å². The van der Waals surface area contributed by atoms with E-state index in [2.05, 4.69) is 15.3 Å². The van der Waals surface area contributed by atoms with E-state index in [1.165, 1.54) is 6.20 Å². The molecular formula is C17H15ClN4O2. The second-order valence-corrected chi connectivity index (χ2v) is 5.57. The normalized spacial score (nSPS) is 11.9. The largest absolute Gasteiger partial charge is 0.394 e. The Morgan fingerprint density at radius 2 is 2.04 bits per heavy atom. The molecule has 24 heavy (non-hydrogen) atoms. The number of aliphatic hydroxyl groups excluding tert-OH is 1. The molecule has 1 atom stereocenters. The summed E-state index contributed by atoms with van der Waals surface area (Å²) in [7, 11) is 0. The molecule has 0 spiro atoms. The fraction of sp³-hybridized carbons (Fsp3) is 0.118. The molecule has 122 valence electrons. The van der Waals surface area contributed by atoms with E-state index in [1.54, 1.807) is 59.7 Å². The van der Waals surface area contributed by atoms with Crippen molar-refractivity contribution in [3.05, 3.63) is 77.5 Å². The highest BCUT2D eigenvalue weighted by Gasteiger charge is 2.15. The fourth-order valence-electron chi connectivity index (χ4n) is 2.24. The Balaban J connectivity index is 1.72. The summed E-state index contributed by atoms with van der Waals surface area (Å²) in [6.07, 6.45) is 6.54. The van der Waals surface area contributed by atoms with Crippen LogP contribution in [0.3, 0.4) is 0 Å². The number of pyridine rings is 1. The summed E-state index contributed by atoms with van der Waals surface area (Å²) in [6, 6.07) is 9.86. The van der Waals surface area contributed by atoms with E-state index in [1.807, 2.05) is 0 Å². The van der Waals surface area contributed by atoms with Gasteiger partial charge >= 0.3 is 0 Å². The maximum Gasteiger partial charge on any atom is 0.253 e. The van der Waals surface area contributed by atoms with Crippen molar-refractivity contribution in [1.82, 2.24) is 19.9 Å². The van der Waals surface area contributed by atoms with Gasteiger partial charge in [-0.25, -0.2) is 9.97 Å². The van der Waals surface area contributed by atoms with Crippen molar-refractivity contribution in [2.75, 3.05) is 6.61 Å². The standard InChI is InChI=1S/C17H15ClN4O2/c18-14-4-1-12(2-5-14)15(10-23)21-17(24)13-3-6-16(20-9-13)22-8-7-19-11-22/h1-9,11,15,23H,10H2,(H,21,24). The van der Waals surface area contributed by atoms with Crippen molar-refractivity contribution < 1.29 is 9.90 Å². The first-order valence-corrected chi connectivity index (χ1v) is 7.67. The maximum absolute atomic E-state index is 12.3. The molecule has 1 amide bonds. The van der Waals surface area contributed by atoms with Crippen LogP contribution in [-0.4, -0.2) is 32.2 Å². The third-order valence-corrected chi connectivity index (χ3v) is 3.79. The van der Waals surface area contributed by atoms with Crippen molar-refractivity contribution in [2.45, 2.75) is 6.04 Å². The molecular weight excluding hydrogens is 328 g/mol.